The highest BCUT2D eigenvalue weighted by molar-refractivity contribution is 6.04. The summed E-state index contributed by atoms with van der Waals surface area (Å²) >= 11 is 0. The maximum atomic E-state index is 12.3. The van der Waals surface area contributed by atoms with E-state index in [9.17, 15) is 4.79 Å². The molecule has 6 nitrogen and oxygen atoms in total. The molecule has 1 aromatic heterocycles. The second-order valence-electron chi connectivity index (χ2n) is 5.44. The molecule has 1 heterocycles. The lowest BCUT2D eigenvalue weighted by molar-refractivity contribution is 0.102. The summed E-state index contributed by atoms with van der Waals surface area (Å²) < 4.78 is 5.22. The zero-order valence-electron chi connectivity index (χ0n) is 14.0. The third-order valence-corrected chi connectivity index (χ3v) is 3.58. The van der Waals surface area contributed by atoms with Crippen molar-refractivity contribution in [1.29, 1.82) is 0 Å². The molecule has 0 bridgehead atoms. The highest BCUT2D eigenvalue weighted by Gasteiger charge is 2.10. The Kier molecular flexibility index (Phi) is 4.89. The Morgan fingerprint density at radius 1 is 1.00 bits per heavy atom. The van der Waals surface area contributed by atoms with E-state index in [1.54, 1.807) is 19.2 Å². The number of amides is 1. The van der Waals surface area contributed by atoms with Crippen LogP contribution in [0.1, 0.15) is 15.9 Å². The number of aryl methyl sites for hydroxylation is 1. The third-order valence-electron chi connectivity index (χ3n) is 3.58. The Bertz CT molecular complexity index is 861. The van der Waals surface area contributed by atoms with Gasteiger partial charge in [0.05, 0.1) is 18.4 Å². The molecule has 0 saturated carbocycles. The monoisotopic (exact) mass is 334 g/mol. The van der Waals surface area contributed by atoms with E-state index < -0.39 is 0 Å². The molecule has 1 amide bonds. The summed E-state index contributed by atoms with van der Waals surface area (Å²) in [6.07, 6.45) is 2.96. The van der Waals surface area contributed by atoms with Gasteiger partial charge in [0.2, 0.25) is 5.95 Å². The van der Waals surface area contributed by atoms with Gasteiger partial charge in [0, 0.05) is 18.1 Å². The van der Waals surface area contributed by atoms with Gasteiger partial charge in [-0.05, 0) is 31.2 Å². The first kappa shape index (κ1) is 16.4. The Labute approximate surface area is 145 Å². The molecule has 0 fully saturated rings. The van der Waals surface area contributed by atoms with E-state index >= 15 is 0 Å². The molecule has 126 valence electrons. The Hall–Kier alpha value is -3.41. The second kappa shape index (κ2) is 7.44. The van der Waals surface area contributed by atoms with Crippen LogP contribution in [0.25, 0.3) is 0 Å². The van der Waals surface area contributed by atoms with E-state index in [1.807, 2.05) is 43.3 Å². The summed E-state index contributed by atoms with van der Waals surface area (Å²) in [7, 11) is 1.56. The first-order chi connectivity index (χ1) is 12.2. The van der Waals surface area contributed by atoms with Gasteiger partial charge < -0.3 is 15.4 Å². The standard InChI is InChI=1S/C19H18N4O2/c1-13-7-9-15(10-8-13)22-19-20-11-14(12-21-19)18(24)23-16-5-3-4-6-17(16)25-2/h3-12H,1-2H3,(H,23,24)(H,20,21,22). The minimum Gasteiger partial charge on any atom is -0.495 e. The molecule has 0 saturated heterocycles. The van der Waals surface area contributed by atoms with Crippen LogP contribution in [0, 0.1) is 6.92 Å². The van der Waals surface area contributed by atoms with Crippen molar-refractivity contribution in [2.24, 2.45) is 0 Å². The number of benzene rings is 2. The molecule has 25 heavy (non-hydrogen) atoms. The molecule has 0 spiro atoms. The predicted molar refractivity (Wildman–Crippen MR) is 97.4 cm³/mol. The molecule has 0 atom stereocenters. The number of hydrogen-bond acceptors (Lipinski definition) is 5. The SMILES string of the molecule is COc1ccccc1NC(=O)c1cnc(Nc2ccc(C)cc2)nc1. The van der Waals surface area contributed by atoms with Gasteiger partial charge in [-0.25, -0.2) is 9.97 Å². The number of anilines is 3. The quantitative estimate of drug-likeness (QED) is 0.742. The number of ether oxygens (including phenoxy) is 1. The molecule has 2 aromatic carbocycles. The average Bonchev–Trinajstić information content (AvgIpc) is 2.64. The molecular weight excluding hydrogens is 316 g/mol. The van der Waals surface area contributed by atoms with Crippen molar-refractivity contribution in [3.8, 4) is 5.75 Å². The van der Waals surface area contributed by atoms with Gasteiger partial charge in [-0.15, -0.1) is 0 Å². The summed E-state index contributed by atoms with van der Waals surface area (Å²) in [5.74, 6) is 0.721. The smallest absolute Gasteiger partial charge is 0.258 e. The Balaban J connectivity index is 1.69. The van der Waals surface area contributed by atoms with Crippen LogP contribution in [0.15, 0.2) is 60.9 Å². The molecule has 0 aliphatic rings. The zero-order valence-corrected chi connectivity index (χ0v) is 14.0. The molecule has 2 N–H and O–H groups in total. The summed E-state index contributed by atoms with van der Waals surface area (Å²) in [4.78, 5) is 20.7. The number of para-hydroxylation sites is 2. The highest BCUT2D eigenvalue weighted by atomic mass is 16.5. The van der Waals surface area contributed by atoms with E-state index in [4.69, 9.17) is 4.74 Å². The summed E-state index contributed by atoms with van der Waals surface area (Å²) in [5, 5.41) is 5.88. The van der Waals surface area contributed by atoms with Crippen LogP contribution >= 0.6 is 0 Å². The van der Waals surface area contributed by atoms with E-state index in [0.29, 0.717) is 22.9 Å². The predicted octanol–water partition coefficient (Wildman–Crippen LogP) is 3.79. The van der Waals surface area contributed by atoms with Crippen molar-refractivity contribution in [3.63, 3.8) is 0 Å². The van der Waals surface area contributed by atoms with Gasteiger partial charge in [-0.3, -0.25) is 4.79 Å². The van der Waals surface area contributed by atoms with E-state index in [2.05, 4.69) is 20.6 Å². The van der Waals surface area contributed by atoms with Crippen LogP contribution < -0.4 is 15.4 Å². The number of methoxy groups -OCH3 is 1. The topological polar surface area (TPSA) is 76.1 Å². The molecule has 0 radical (unpaired) electrons. The number of nitrogens with one attached hydrogen (secondary N) is 2. The number of nitrogens with zero attached hydrogens (tertiary/aromatic N) is 2. The van der Waals surface area contributed by atoms with Crippen LogP contribution in [0.4, 0.5) is 17.3 Å². The van der Waals surface area contributed by atoms with Crippen LogP contribution in [0.2, 0.25) is 0 Å². The van der Waals surface area contributed by atoms with Crippen LogP contribution in [0.5, 0.6) is 5.75 Å². The van der Waals surface area contributed by atoms with Gasteiger partial charge in [-0.2, -0.15) is 0 Å². The minimum absolute atomic E-state index is 0.300. The molecule has 0 aliphatic carbocycles. The first-order valence-electron chi connectivity index (χ1n) is 7.76. The van der Waals surface area contributed by atoms with E-state index in [0.717, 1.165) is 5.69 Å². The highest BCUT2D eigenvalue weighted by Crippen LogP contribution is 2.23. The lowest BCUT2D eigenvalue weighted by Crippen LogP contribution is -2.13. The van der Waals surface area contributed by atoms with Crippen LogP contribution in [0.3, 0.4) is 0 Å². The number of rotatable bonds is 5. The average molecular weight is 334 g/mol. The fourth-order valence-electron chi connectivity index (χ4n) is 2.22. The molecule has 6 heteroatoms. The fraction of sp³-hybridized carbons (Fsp3) is 0.105. The van der Waals surface area contributed by atoms with E-state index in [-0.39, 0.29) is 5.91 Å². The molecule has 3 rings (SSSR count). The summed E-state index contributed by atoms with van der Waals surface area (Å²) in [6, 6.07) is 15.1. The summed E-state index contributed by atoms with van der Waals surface area (Å²) in [5.41, 5.74) is 3.02. The number of carbonyl (C=O) groups is 1. The van der Waals surface area contributed by atoms with Crippen molar-refractivity contribution >= 4 is 23.2 Å². The van der Waals surface area contributed by atoms with Crippen molar-refractivity contribution in [2.45, 2.75) is 6.92 Å². The van der Waals surface area contributed by atoms with Gasteiger partial charge in [0.1, 0.15) is 5.75 Å². The number of carbonyl (C=O) groups excluding carboxylic acids is 1. The third kappa shape index (κ3) is 4.11. The largest absolute Gasteiger partial charge is 0.495 e. The van der Waals surface area contributed by atoms with Gasteiger partial charge in [0.15, 0.2) is 0 Å². The van der Waals surface area contributed by atoms with Crippen molar-refractivity contribution in [2.75, 3.05) is 17.7 Å². The van der Waals surface area contributed by atoms with Crippen LogP contribution in [-0.4, -0.2) is 23.0 Å². The summed E-state index contributed by atoms with van der Waals surface area (Å²) in [6.45, 7) is 2.02. The zero-order chi connectivity index (χ0) is 17.6. The van der Waals surface area contributed by atoms with Gasteiger partial charge in [-0.1, -0.05) is 29.8 Å². The number of aromatic nitrogens is 2. The molecular formula is C19H18N4O2. The normalized spacial score (nSPS) is 10.2. The minimum atomic E-state index is -0.300. The second-order valence-corrected chi connectivity index (χ2v) is 5.44. The van der Waals surface area contributed by atoms with Crippen molar-refractivity contribution < 1.29 is 9.53 Å². The van der Waals surface area contributed by atoms with Crippen molar-refractivity contribution in [1.82, 2.24) is 9.97 Å². The molecule has 3 aromatic rings. The lowest BCUT2D eigenvalue weighted by Gasteiger charge is -2.10. The maximum Gasteiger partial charge on any atom is 0.258 e. The van der Waals surface area contributed by atoms with Gasteiger partial charge >= 0.3 is 0 Å². The van der Waals surface area contributed by atoms with Gasteiger partial charge in [0.25, 0.3) is 5.91 Å². The molecule has 0 aliphatic heterocycles. The lowest BCUT2D eigenvalue weighted by atomic mass is 10.2. The Morgan fingerprint density at radius 3 is 2.36 bits per heavy atom. The first-order valence-corrected chi connectivity index (χ1v) is 7.76. The van der Waals surface area contributed by atoms with Crippen LogP contribution in [-0.2, 0) is 0 Å². The van der Waals surface area contributed by atoms with Crippen molar-refractivity contribution in [3.05, 3.63) is 72.1 Å². The van der Waals surface area contributed by atoms with E-state index in [1.165, 1.54) is 18.0 Å². The Morgan fingerprint density at radius 2 is 1.68 bits per heavy atom. The molecule has 0 unspecified atom stereocenters. The number of hydrogen-bond donors (Lipinski definition) is 2. The maximum absolute atomic E-state index is 12.3. The fourth-order valence-corrected chi connectivity index (χ4v) is 2.22.